The summed E-state index contributed by atoms with van der Waals surface area (Å²) in [5, 5.41) is 2.79. The van der Waals surface area contributed by atoms with Crippen molar-refractivity contribution in [2.45, 2.75) is 32.0 Å². The van der Waals surface area contributed by atoms with Crippen LogP contribution in [0.3, 0.4) is 0 Å². The average molecular weight is 523 g/mol. The first-order valence-electron chi connectivity index (χ1n) is 12.7. The molecule has 10 heteroatoms. The number of benzene rings is 2. The second-order valence-corrected chi connectivity index (χ2v) is 9.34. The summed E-state index contributed by atoms with van der Waals surface area (Å²) in [4.78, 5) is 37.4. The second kappa shape index (κ2) is 11.7. The van der Waals surface area contributed by atoms with Gasteiger partial charge in [0.2, 0.25) is 11.8 Å². The lowest BCUT2D eigenvalue weighted by Crippen LogP contribution is -2.35. The maximum Gasteiger partial charge on any atom is 0.234 e. The van der Waals surface area contributed by atoms with E-state index < -0.39 is 11.9 Å². The number of rotatable bonds is 11. The predicted octanol–water partition coefficient (Wildman–Crippen LogP) is 2.58. The van der Waals surface area contributed by atoms with Crippen molar-refractivity contribution in [3.05, 3.63) is 102 Å². The molecular formula is C29H30N8O2. The molecule has 2 aromatic carbocycles. The standard InChI is InChI=1S/C29H30N8O2/c30-17-28(39)34-24(16-27(31)38)21-7-8-26-25(15-21)35-29(37(26)12-9-23-6-1-2-10-33-23)22-5-3-4-20(14-22)18-36-13-11-32-19-36/h1-8,10-11,13-15,19,24H,9,12,16-18,30H2,(H2,31,38)(H,34,39). The Hall–Kier alpha value is -4.83. The van der Waals surface area contributed by atoms with Crippen molar-refractivity contribution in [2.24, 2.45) is 11.5 Å². The first-order valence-corrected chi connectivity index (χ1v) is 12.7. The smallest absolute Gasteiger partial charge is 0.234 e. The number of hydrogen-bond donors (Lipinski definition) is 3. The van der Waals surface area contributed by atoms with Crippen LogP contribution in [-0.4, -0.2) is 42.4 Å². The Morgan fingerprint density at radius 1 is 1.03 bits per heavy atom. The molecule has 10 nitrogen and oxygen atoms in total. The van der Waals surface area contributed by atoms with Crippen molar-refractivity contribution in [2.75, 3.05) is 6.54 Å². The van der Waals surface area contributed by atoms with Gasteiger partial charge in [0.05, 0.1) is 36.4 Å². The third-order valence-corrected chi connectivity index (χ3v) is 6.53. The maximum absolute atomic E-state index is 12.0. The number of pyridine rings is 1. The van der Waals surface area contributed by atoms with Gasteiger partial charge in [0.1, 0.15) is 5.82 Å². The van der Waals surface area contributed by atoms with E-state index in [1.807, 2.05) is 59.3 Å². The summed E-state index contributed by atoms with van der Waals surface area (Å²) in [5.41, 5.74) is 16.5. The van der Waals surface area contributed by atoms with Gasteiger partial charge in [0.15, 0.2) is 0 Å². The van der Waals surface area contributed by atoms with E-state index in [0.717, 1.165) is 45.7 Å². The van der Waals surface area contributed by atoms with Gasteiger partial charge in [-0.25, -0.2) is 9.97 Å². The minimum Gasteiger partial charge on any atom is -0.370 e. The van der Waals surface area contributed by atoms with Crippen LogP contribution in [0.2, 0.25) is 0 Å². The summed E-state index contributed by atoms with van der Waals surface area (Å²) in [7, 11) is 0. The summed E-state index contributed by atoms with van der Waals surface area (Å²) < 4.78 is 4.20. The summed E-state index contributed by atoms with van der Waals surface area (Å²) in [6, 6.07) is 19.4. The van der Waals surface area contributed by atoms with Crippen LogP contribution >= 0.6 is 0 Å². The highest BCUT2D eigenvalue weighted by Gasteiger charge is 2.20. The van der Waals surface area contributed by atoms with E-state index in [1.54, 1.807) is 18.7 Å². The van der Waals surface area contributed by atoms with E-state index in [9.17, 15) is 9.59 Å². The molecule has 1 atom stereocenters. The monoisotopic (exact) mass is 522 g/mol. The Kier molecular flexibility index (Phi) is 7.74. The van der Waals surface area contributed by atoms with Gasteiger partial charge in [-0.2, -0.15) is 0 Å². The minimum atomic E-state index is -0.594. The first kappa shape index (κ1) is 25.8. The number of hydrogen-bond acceptors (Lipinski definition) is 6. The molecule has 0 bridgehead atoms. The zero-order valence-electron chi connectivity index (χ0n) is 21.4. The normalized spacial score (nSPS) is 11.9. The van der Waals surface area contributed by atoms with Gasteiger partial charge in [-0.15, -0.1) is 0 Å². The third-order valence-electron chi connectivity index (χ3n) is 6.53. The Morgan fingerprint density at radius 2 is 1.92 bits per heavy atom. The molecule has 0 aliphatic rings. The van der Waals surface area contributed by atoms with Gasteiger partial charge < -0.3 is 25.9 Å². The molecule has 5 N–H and O–H groups in total. The van der Waals surface area contributed by atoms with Crippen molar-refractivity contribution in [1.29, 1.82) is 0 Å². The Morgan fingerprint density at radius 3 is 2.67 bits per heavy atom. The highest BCUT2D eigenvalue weighted by Crippen LogP contribution is 2.29. The van der Waals surface area contributed by atoms with Crippen molar-refractivity contribution in [1.82, 2.24) is 29.4 Å². The Bertz CT molecular complexity index is 1580. The molecule has 0 aliphatic heterocycles. The second-order valence-electron chi connectivity index (χ2n) is 9.34. The molecule has 1 unspecified atom stereocenters. The lowest BCUT2D eigenvalue weighted by Gasteiger charge is -2.17. The first-order chi connectivity index (χ1) is 19.0. The van der Waals surface area contributed by atoms with Gasteiger partial charge in [-0.1, -0.05) is 30.3 Å². The van der Waals surface area contributed by atoms with E-state index in [2.05, 4.69) is 32.0 Å². The highest BCUT2D eigenvalue weighted by molar-refractivity contribution is 5.83. The Balaban J connectivity index is 1.55. The van der Waals surface area contributed by atoms with Crippen LogP contribution in [-0.2, 0) is 29.1 Å². The van der Waals surface area contributed by atoms with E-state index in [0.29, 0.717) is 13.1 Å². The fourth-order valence-corrected chi connectivity index (χ4v) is 4.69. The van der Waals surface area contributed by atoms with Gasteiger partial charge >= 0.3 is 0 Å². The molecule has 0 fully saturated rings. The minimum absolute atomic E-state index is 0.0409. The lowest BCUT2D eigenvalue weighted by molar-refractivity contribution is -0.121. The fraction of sp³-hybridized carbons (Fsp3) is 0.207. The number of nitrogens with one attached hydrogen (secondary N) is 1. The number of nitrogens with two attached hydrogens (primary N) is 2. The SMILES string of the molecule is NCC(=O)NC(CC(N)=O)c1ccc2c(c1)nc(-c1cccc(Cn3ccnc3)c1)n2CCc1ccccn1. The van der Waals surface area contributed by atoms with E-state index in [1.165, 1.54) is 0 Å². The van der Waals surface area contributed by atoms with E-state index >= 15 is 0 Å². The van der Waals surface area contributed by atoms with Crippen molar-refractivity contribution in [3.63, 3.8) is 0 Å². The molecule has 0 saturated carbocycles. The van der Waals surface area contributed by atoms with Crippen LogP contribution in [0, 0.1) is 0 Å². The lowest BCUT2D eigenvalue weighted by atomic mass is 10.0. The van der Waals surface area contributed by atoms with Gasteiger partial charge in [-0.05, 0) is 41.5 Å². The number of fused-ring (bicyclic) bond motifs is 1. The highest BCUT2D eigenvalue weighted by atomic mass is 16.2. The predicted molar refractivity (Wildman–Crippen MR) is 148 cm³/mol. The zero-order chi connectivity index (χ0) is 27.2. The number of primary amides is 1. The molecule has 198 valence electrons. The molecule has 0 saturated heterocycles. The van der Waals surface area contributed by atoms with Gasteiger partial charge in [0, 0.05) is 49.4 Å². The van der Waals surface area contributed by atoms with E-state index in [-0.39, 0.29) is 18.9 Å². The molecule has 0 radical (unpaired) electrons. The number of aromatic nitrogens is 5. The molecular weight excluding hydrogens is 492 g/mol. The number of amides is 2. The third kappa shape index (κ3) is 6.19. The number of carbonyl (C=O) groups is 2. The number of carbonyl (C=O) groups excluding carboxylic acids is 2. The number of nitrogens with zero attached hydrogens (tertiary/aromatic N) is 5. The molecule has 5 aromatic rings. The van der Waals surface area contributed by atoms with Crippen LogP contribution < -0.4 is 16.8 Å². The molecule has 2 amide bonds. The van der Waals surface area contributed by atoms with Gasteiger partial charge in [0.25, 0.3) is 0 Å². The molecule has 3 heterocycles. The average Bonchev–Trinajstić information content (AvgIpc) is 3.59. The molecule has 39 heavy (non-hydrogen) atoms. The van der Waals surface area contributed by atoms with E-state index in [4.69, 9.17) is 16.5 Å². The van der Waals surface area contributed by atoms with Crippen molar-refractivity contribution in [3.8, 4) is 11.4 Å². The van der Waals surface area contributed by atoms with Crippen LogP contribution in [0.15, 0.2) is 85.6 Å². The topological polar surface area (TPSA) is 147 Å². The molecule has 0 aliphatic carbocycles. The number of imidazole rings is 2. The quantitative estimate of drug-likeness (QED) is 0.243. The van der Waals surface area contributed by atoms with Crippen molar-refractivity contribution >= 4 is 22.8 Å². The Labute approximate surface area is 225 Å². The summed E-state index contributed by atoms with van der Waals surface area (Å²) in [6.45, 7) is 1.18. The molecule has 5 rings (SSSR count). The number of aryl methyl sites for hydroxylation is 2. The molecule has 3 aromatic heterocycles. The molecule has 0 spiro atoms. The van der Waals surface area contributed by atoms with Crippen LogP contribution in [0.4, 0.5) is 0 Å². The summed E-state index contributed by atoms with van der Waals surface area (Å²) in [6.07, 6.45) is 7.97. The summed E-state index contributed by atoms with van der Waals surface area (Å²) >= 11 is 0. The fourth-order valence-electron chi connectivity index (χ4n) is 4.69. The summed E-state index contributed by atoms with van der Waals surface area (Å²) in [5.74, 6) is -0.0608. The van der Waals surface area contributed by atoms with Crippen LogP contribution in [0.1, 0.15) is 29.3 Å². The van der Waals surface area contributed by atoms with Crippen LogP contribution in [0.25, 0.3) is 22.4 Å². The maximum atomic E-state index is 12.0. The van der Waals surface area contributed by atoms with Gasteiger partial charge in [-0.3, -0.25) is 14.6 Å². The van der Waals surface area contributed by atoms with Crippen molar-refractivity contribution < 1.29 is 9.59 Å². The van der Waals surface area contributed by atoms with Crippen LogP contribution in [0.5, 0.6) is 0 Å². The largest absolute Gasteiger partial charge is 0.370 e. The zero-order valence-corrected chi connectivity index (χ0v) is 21.4.